The fraction of sp³-hybridized carbons (Fsp3) is 0.0714. The predicted molar refractivity (Wildman–Crippen MR) is 85.0 cm³/mol. The van der Waals surface area contributed by atoms with E-state index in [1.54, 1.807) is 18.2 Å². The van der Waals surface area contributed by atoms with E-state index >= 15 is 0 Å². The number of nitro groups is 1. The van der Waals surface area contributed by atoms with Crippen molar-refractivity contribution in [3.05, 3.63) is 56.1 Å². The highest BCUT2D eigenvalue weighted by atomic mass is 35.5. The molecule has 2 rings (SSSR count). The lowest BCUT2D eigenvalue weighted by atomic mass is 10.1. The van der Waals surface area contributed by atoms with E-state index in [2.05, 4.69) is 4.99 Å². The van der Waals surface area contributed by atoms with Gasteiger partial charge in [0.2, 0.25) is 0 Å². The molecule has 8 heteroatoms. The minimum absolute atomic E-state index is 0.0205. The first-order chi connectivity index (χ1) is 10.4. The van der Waals surface area contributed by atoms with Crippen LogP contribution in [0.1, 0.15) is 5.56 Å². The molecule has 0 heterocycles. The summed E-state index contributed by atoms with van der Waals surface area (Å²) >= 11 is 11.9. The zero-order valence-corrected chi connectivity index (χ0v) is 12.8. The molecule has 0 spiro atoms. The van der Waals surface area contributed by atoms with Crippen molar-refractivity contribution in [2.75, 3.05) is 7.11 Å². The third kappa shape index (κ3) is 3.29. The minimum atomic E-state index is -0.592. The van der Waals surface area contributed by atoms with Crippen LogP contribution in [0.2, 0.25) is 10.0 Å². The first-order valence-corrected chi connectivity index (χ1v) is 6.73. The Balaban J connectivity index is 2.48. The van der Waals surface area contributed by atoms with E-state index in [1.807, 2.05) is 0 Å². The lowest BCUT2D eigenvalue weighted by Crippen LogP contribution is -1.94. The Hall–Kier alpha value is -2.31. The van der Waals surface area contributed by atoms with Crippen LogP contribution >= 0.6 is 23.2 Å². The van der Waals surface area contributed by atoms with Crippen LogP contribution in [0.5, 0.6) is 11.5 Å². The first-order valence-electron chi connectivity index (χ1n) is 5.97. The van der Waals surface area contributed by atoms with Gasteiger partial charge in [0.1, 0.15) is 0 Å². The third-order valence-electron chi connectivity index (χ3n) is 2.79. The maximum atomic E-state index is 10.9. The Bertz CT molecular complexity index is 763. The van der Waals surface area contributed by atoms with Crippen molar-refractivity contribution in [1.82, 2.24) is 0 Å². The summed E-state index contributed by atoms with van der Waals surface area (Å²) in [5.41, 5.74) is 0.273. The Kier molecular flexibility index (Phi) is 4.85. The molecule has 0 saturated heterocycles. The van der Waals surface area contributed by atoms with Crippen molar-refractivity contribution in [2.45, 2.75) is 0 Å². The summed E-state index contributed by atoms with van der Waals surface area (Å²) in [6.07, 6.45) is 1.25. The van der Waals surface area contributed by atoms with Gasteiger partial charge in [0.25, 0.3) is 5.69 Å². The second-order valence-corrected chi connectivity index (χ2v) is 4.96. The van der Waals surface area contributed by atoms with Crippen LogP contribution in [0.25, 0.3) is 0 Å². The quantitative estimate of drug-likeness (QED) is 0.508. The number of hydrogen-bond acceptors (Lipinski definition) is 5. The van der Waals surface area contributed by atoms with E-state index in [4.69, 9.17) is 27.9 Å². The third-order valence-corrected chi connectivity index (χ3v) is 3.60. The number of non-ortho nitro benzene ring substituents is 1. The average Bonchev–Trinajstić information content (AvgIpc) is 2.49. The van der Waals surface area contributed by atoms with Crippen LogP contribution in [0.15, 0.2) is 35.3 Å². The number of phenolic OH excluding ortho intramolecular Hbond substituents is 1. The number of rotatable bonds is 4. The highest BCUT2D eigenvalue weighted by Crippen LogP contribution is 2.35. The molecule has 22 heavy (non-hydrogen) atoms. The van der Waals surface area contributed by atoms with Crippen molar-refractivity contribution >= 4 is 40.8 Å². The lowest BCUT2D eigenvalue weighted by Gasteiger charge is -2.06. The molecule has 0 atom stereocenters. The molecule has 0 bridgehead atoms. The number of halogens is 2. The Labute approximate surface area is 135 Å². The molecule has 0 fully saturated rings. The van der Waals surface area contributed by atoms with Gasteiger partial charge in [0, 0.05) is 17.8 Å². The van der Waals surface area contributed by atoms with E-state index in [1.165, 1.54) is 19.4 Å². The summed E-state index contributed by atoms with van der Waals surface area (Å²) in [6.45, 7) is 0. The van der Waals surface area contributed by atoms with Crippen molar-refractivity contribution in [3.8, 4) is 11.5 Å². The molecule has 0 amide bonds. The van der Waals surface area contributed by atoms with Crippen LogP contribution in [-0.4, -0.2) is 23.4 Å². The van der Waals surface area contributed by atoms with Gasteiger partial charge in [-0.3, -0.25) is 15.1 Å². The maximum absolute atomic E-state index is 10.9. The van der Waals surface area contributed by atoms with Crippen LogP contribution in [-0.2, 0) is 0 Å². The summed E-state index contributed by atoms with van der Waals surface area (Å²) < 4.78 is 4.91. The van der Waals surface area contributed by atoms with Gasteiger partial charge in [0.15, 0.2) is 11.5 Å². The highest BCUT2D eigenvalue weighted by molar-refractivity contribution is 6.43. The lowest BCUT2D eigenvalue weighted by molar-refractivity contribution is -0.385. The predicted octanol–water partition coefficient (Wildman–Crippen LogP) is 4.37. The minimum Gasteiger partial charge on any atom is -0.504 e. The smallest absolute Gasteiger partial charge is 0.274 e. The number of benzene rings is 2. The van der Waals surface area contributed by atoms with Gasteiger partial charge in [-0.05, 0) is 12.1 Å². The van der Waals surface area contributed by atoms with Crippen LogP contribution in [0, 0.1) is 10.1 Å². The normalized spacial score (nSPS) is 10.9. The van der Waals surface area contributed by atoms with Crippen molar-refractivity contribution < 1.29 is 14.8 Å². The summed E-state index contributed by atoms with van der Waals surface area (Å²) in [6, 6.07) is 7.20. The van der Waals surface area contributed by atoms with Gasteiger partial charge in [-0.15, -0.1) is 0 Å². The molecule has 114 valence electrons. The molecule has 0 unspecified atom stereocenters. The number of hydrogen-bond donors (Lipinski definition) is 1. The molecule has 0 aliphatic carbocycles. The number of methoxy groups -OCH3 is 1. The fourth-order valence-electron chi connectivity index (χ4n) is 1.70. The number of nitro benzene ring substituents is 1. The van der Waals surface area contributed by atoms with Gasteiger partial charge in [0.05, 0.1) is 33.8 Å². The van der Waals surface area contributed by atoms with Crippen LogP contribution in [0.3, 0.4) is 0 Å². The Morgan fingerprint density at radius 3 is 2.73 bits per heavy atom. The van der Waals surface area contributed by atoms with Gasteiger partial charge < -0.3 is 9.84 Å². The summed E-state index contributed by atoms with van der Waals surface area (Å²) in [5.74, 6) is -0.275. The number of ether oxygens (including phenoxy) is 1. The number of phenols is 1. The van der Waals surface area contributed by atoms with Gasteiger partial charge in [-0.1, -0.05) is 29.3 Å². The van der Waals surface area contributed by atoms with E-state index in [0.29, 0.717) is 10.7 Å². The average molecular weight is 341 g/mol. The molecule has 0 aliphatic rings. The molecular formula is C14H10Cl2N2O4. The second-order valence-electron chi connectivity index (χ2n) is 4.17. The maximum Gasteiger partial charge on any atom is 0.274 e. The Morgan fingerprint density at radius 2 is 2.09 bits per heavy atom. The number of aromatic hydroxyl groups is 1. The van der Waals surface area contributed by atoms with Crippen molar-refractivity contribution in [3.63, 3.8) is 0 Å². The van der Waals surface area contributed by atoms with E-state index in [0.717, 1.165) is 6.07 Å². The van der Waals surface area contributed by atoms with Gasteiger partial charge in [-0.2, -0.15) is 0 Å². The van der Waals surface area contributed by atoms with E-state index in [-0.39, 0.29) is 27.8 Å². The fourth-order valence-corrected chi connectivity index (χ4v) is 2.05. The molecule has 2 aromatic carbocycles. The molecule has 0 aromatic heterocycles. The topological polar surface area (TPSA) is 85.0 Å². The molecule has 0 saturated carbocycles. The number of aliphatic imine (C=N–C) groups is 1. The molecule has 6 nitrogen and oxygen atoms in total. The first kappa shape index (κ1) is 16.1. The summed E-state index contributed by atoms with van der Waals surface area (Å²) in [4.78, 5) is 14.4. The Morgan fingerprint density at radius 1 is 1.36 bits per heavy atom. The molecule has 0 aliphatic heterocycles. The summed E-state index contributed by atoms with van der Waals surface area (Å²) in [7, 11) is 1.30. The van der Waals surface area contributed by atoms with Gasteiger partial charge >= 0.3 is 0 Å². The monoisotopic (exact) mass is 340 g/mol. The van der Waals surface area contributed by atoms with Crippen molar-refractivity contribution in [1.29, 1.82) is 0 Å². The highest BCUT2D eigenvalue weighted by Gasteiger charge is 2.15. The van der Waals surface area contributed by atoms with E-state index < -0.39 is 4.92 Å². The zero-order valence-electron chi connectivity index (χ0n) is 11.3. The molecular weight excluding hydrogens is 331 g/mol. The summed E-state index contributed by atoms with van der Waals surface area (Å²) in [5, 5.41) is 21.5. The second kappa shape index (κ2) is 6.64. The molecule has 0 radical (unpaired) electrons. The molecule has 1 N–H and O–H groups in total. The SMILES string of the molecule is COc1cc([N+](=O)[O-])cc(C=Nc2cccc(Cl)c2Cl)c1O. The van der Waals surface area contributed by atoms with Gasteiger partial charge in [-0.25, -0.2) is 0 Å². The van der Waals surface area contributed by atoms with Crippen LogP contribution < -0.4 is 4.74 Å². The zero-order chi connectivity index (χ0) is 16.3. The molecule has 2 aromatic rings. The number of nitrogens with zero attached hydrogens (tertiary/aromatic N) is 2. The van der Waals surface area contributed by atoms with Crippen molar-refractivity contribution in [2.24, 2.45) is 4.99 Å². The standard InChI is InChI=1S/C14H10Cl2N2O4/c1-22-12-6-9(18(20)21)5-8(14(12)19)7-17-11-4-2-3-10(15)13(11)16/h2-7,19H,1H3. The van der Waals surface area contributed by atoms with E-state index in [9.17, 15) is 15.2 Å². The largest absolute Gasteiger partial charge is 0.504 e. The van der Waals surface area contributed by atoms with Crippen LogP contribution in [0.4, 0.5) is 11.4 Å².